The highest BCUT2D eigenvalue weighted by atomic mass is 31.1. The largest absolute Gasteiger partial charge is 0.697 e. The summed E-state index contributed by atoms with van der Waals surface area (Å²) in [5.41, 5.74) is 4.53. The van der Waals surface area contributed by atoms with Crippen molar-refractivity contribution < 1.29 is 18.4 Å². The van der Waals surface area contributed by atoms with Gasteiger partial charge >= 0.3 is 8.25 Å². The molecule has 0 fully saturated rings. The summed E-state index contributed by atoms with van der Waals surface area (Å²) in [6.45, 7) is 7.77. The molecule has 0 spiro atoms. The molecule has 0 aliphatic rings. The van der Waals surface area contributed by atoms with Crippen molar-refractivity contribution in [3.63, 3.8) is 0 Å². The first-order valence-electron chi connectivity index (χ1n) is 4.23. The number of hydrogen-bond acceptors (Lipinski definition) is 4. The van der Waals surface area contributed by atoms with Crippen LogP contribution >= 0.6 is 8.25 Å². The van der Waals surface area contributed by atoms with Crippen LogP contribution in [0.1, 0.15) is 20.3 Å². The normalized spacial score (nSPS) is 9.71. The maximum Gasteiger partial charge on any atom is 0.697 e. The minimum atomic E-state index is -1.84. The van der Waals surface area contributed by atoms with Crippen LogP contribution in [0.4, 0.5) is 0 Å². The fourth-order valence-corrected chi connectivity index (χ4v) is 0.925. The zero-order valence-corrected chi connectivity index (χ0v) is 9.46. The maximum absolute atomic E-state index is 10.5. The molecule has 2 N–H and O–H groups in total. The second-order valence-corrected chi connectivity index (χ2v) is 3.04. The first-order chi connectivity index (χ1) is 6.58. The van der Waals surface area contributed by atoms with Crippen molar-refractivity contribution in [2.24, 2.45) is 5.73 Å². The predicted octanol–water partition coefficient (Wildman–Crippen LogP) is 1.76. The molecule has 1 atom stereocenters. The molecule has 0 heterocycles. The van der Waals surface area contributed by atoms with Crippen LogP contribution in [-0.4, -0.2) is 19.1 Å². The van der Waals surface area contributed by atoms with E-state index in [1.54, 1.807) is 6.92 Å². The van der Waals surface area contributed by atoms with Gasteiger partial charge < -0.3 is 5.73 Å². The average molecular weight is 222 g/mol. The summed E-state index contributed by atoms with van der Waals surface area (Å²) in [5, 5.41) is 0. The van der Waals surface area contributed by atoms with E-state index in [4.69, 9.17) is 4.52 Å². The number of primary amides is 1. The number of rotatable bonds is 6. The highest BCUT2D eigenvalue weighted by Crippen LogP contribution is 2.22. The van der Waals surface area contributed by atoms with Gasteiger partial charge in [0.25, 0.3) is 0 Å². The van der Waals surface area contributed by atoms with Gasteiger partial charge in [0.1, 0.15) is 13.2 Å². The number of carbonyl (C=O) groups is 1. The molecule has 1 unspecified atom stereocenters. The second kappa shape index (κ2) is 12.2. The Kier molecular flexibility index (Phi) is 13.7. The minimum Gasteiger partial charge on any atom is -0.366 e. The van der Waals surface area contributed by atoms with Crippen LogP contribution in [-0.2, 0) is 18.4 Å². The molecular weight excluding hydrogens is 205 g/mol. The highest BCUT2D eigenvalue weighted by molar-refractivity contribution is 7.33. The van der Waals surface area contributed by atoms with Crippen molar-refractivity contribution in [1.29, 1.82) is 0 Å². The Morgan fingerprint density at radius 2 is 2.00 bits per heavy atom. The van der Waals surface area contributed by atoms with Crippen LogP contribution in [0, 0.1) is 0 Å². The molecule has 0 aromatic heterocycles. The van der Waals surface area contributed by atoms with E-state index < -0.39 is 14.2 Å². The molecule has 0 saturated carbocycles. The SMILES string of the molecule is C=CC(N)=O.CCCO[P+](=O)OCC. The molecule has 0 rings (SSSR count). The molecule has 0 aromatic rings. The second-order valence-electron chi connectivity index (χ2n) is 2.08. The van der Waals surface area contributed by atoms with Crippen LogP contribution in [0.15, 0.2) is 12.7 Å². The number of amides is 1. The Morgan fingerprint density at radius 1 is 1.50 bits per heavy atom. The smallest absolute Gasteiger partial charge is 0.366 e. The summed E-state index contributed by atoms with van der Waals surface area (Å²) < 4.78 is 19.9. The van der Waals surface area contributed by atoms with Crippen molar-refractivity contribution in [3.8, 4) is 0 Å². The summed E-state index contributed by atoms with van der Waals surface area (Å²) in [5.74, 6) is -0.481. The van der Waals surface area contributed by atoms with Gasteiger partial charge in [0, 0.05) is 4.57 Å². The Balaban J connectivity index is 0. The standard InChI is InChI=1S/C5H12O3P.C3H5NO/c1-3-5-8-9(6)7-4-2;1-2-3(4)5/h3-5H2,1-2H3;2H,1H2,(H2,4,5)/q+1;. The molecule has 82 valence electrons. The zero-order valence-electron chi connectivity index (χ0n) is 8.56. The van der Waals surface area contributed by atoms with E-state index in [2.05, 4.69) is 16.8 Å². The van der Waals surface area contributed by atoms with E-state index in [-0.39, 0.29) is 0 Å². The van der Waals surface area contributed by atoms with Gasteiger partial charge in [-0.15, -0.1) is 9.05 Å². The molecule has 5 nitrogen and oxygen atoms in total. The lowest BCUT2D eigenvalue weighted by molar-refractivity contribution is -0.113. The van der Waals surface area contributed by atoms with E-state index in [1.165, 1.54) is 0 Å². The van der Waals surface area contributed by atoms with Crippen molar-refractivity contribution in [2.45, 2.75) is 20.3 Å². The molecule has 6 heteroatoms. The van der Waals surface area contributed by atoms with E-state index in [9.17, 15) is 9.36 Å². The average Bonchev–Trinajstić information content (AvgIpc) is 2.16. The summed E-state index contributed by atoms with van der Waals surface area (Å²) in [7, 11) is -1.84. The number of hydrogen-bond donors (Lipinski definition) is 1. The third-order valence-corrected chi connectivity index (χ3v) is 1.70. The quantitative estimate of drug-likeness (QED) is 0.548. The van der Waals surface area contributed by atoms with Gasteiger partial charge in [-0.05, 0) is 19.4 Å². The van der Waals surface area contributed by atoms with E-state index in [0.29, 0.717) is 13.2 Å². The number of carbonyl (C=O) groups excluding carboxylic acids is 1. The molecule has 0 saturated heterocycles. The fraction of sp³-hybridized carbons (Fsp3) is 0.625. The van der Waals surface area contributed by atoms with E-state index in [0.717, 1.165) is 12.5 Å². The van der Waals surface area contributed by atoms with Crippen LogP contribution in [0.3, 0.4) is 0 Å². The molecule has 0 radical (unpaired) electrons. The van der Waals surface area contributed by atoms with Crippen LogP contribution in [0.5, 0.6) is 0 Å². The van der Waals surface area contributed by atoms with Gasteiger partial charge in [0.05, 0.1) is 0 Å². The Labute approximate surface area is 85.2 Å². The molecule has 1 amide bonds. The third-order valence-electron chi connectivity index (χ3n) is 0.837. The molecule has 0 aliphatic heterocycles. The van der Waals surface area contributed by atoms with Crippen LogP contribution < -0.4 is 5.73 Å². The molecule has 0 aromatic carbocycles. The predicted molar refractivity (Wildman–Crippen MR) is 54.9 cm³/mol. The topological polar surface area (TPSA) is 78.6 Å². The lowest BCUT2D eigenvalue weighted by atomic mass is 10.5. The highest BCUT2D eigenvalue weighted by Gasteiger charge is 2.16. The summed E-state index contributed by atoms with van der Waals surface area (Å²) >= 11 is 0. The molecule has 0 aliphatic carbocycles. The van der Waals surface area contributed by atoms with Crippen molar-refractivity contribution in [2.75, 3.05) is 13.2 Å². The van der Waals surface area contributed by atoms with Gasteiger partial charge in [0.15, 0.2) is 0 Å². The summed E-state index contributed by atoms with van der Waals surface area (Å²) in [6.07, 6.45) is 1.92. The van der Waals surface area contributed by atoms with Crippen molar-refractivity contribution in [1.82, 2.24) is 0 Å². The van der Waals surface area contributed by atoms with Crippen molar-refractivity contribution >= 4 is 14.2 Å². The first kappa shape index (κ1) is 15.7. The Bertz CT molecular complexity index is 184. The summed E-state index contributed by atoms with van der Waals surface area (Å²) in [6, 6.07) is 0. The van der Waals surface area contributed by atoms with Gasteiger partial charge in [-0.1, -0.05) is 13.5 Å². The number of nitrogens with two attached hydrogens (primary N) is 1. The van der Waals surface area contributed by atoms with Gasteiger partial charge in [-0.3, -0.25) is 4.79 Å². The maximum atomic E-state index is 10.5. The van der Waals surface area contributed by atoms with Crippen LogP contribution in [0.25, 0.3) is 0 Å². The van der Waals surface area contributed by atoms with Gasteiger partial charge in [-0.25, -0.2) is 0 Å². The van der Waals surface area contributed by atoms with E-state index >= 15 is 0 Å². The third kappa shape index (κ3) is 17.4. The van der Waals surface area contributed by atoms with Crippen molar-refractivity contribution in [3.05, 3.63) is 12.7 Å². The lowest BCUT2D eigenvalue weighted by Gasteiger charge is -1.83. The van der Waals surface area contributed by atoms with Gasteiger partial charge in [0.2, 0.25) is 5.91 Å². The van der Waals surface area contributed by atoms with E-state index in [1.807, 2.05) is 6.92 Å². The molecule has 14 heavy (non-hydrogen) atoms. The lowest BCUT2D eigenvalue weighted by Crippen LogP contribution is -2.04. The molecule has 0 bridgehead atoms. The zero-order chi connectivity index (χ0) is 11.4. The molecular formula is C8H17NO4P+. The fourth-order valence-electron chi connectivity index (χ4n) is 0.308. The minimum absolute atomic E-state index is 0.443. The van der Waals surface area contributed by atoms with Crippen LogP contribution in [0.2, 0.25) is 0 Å². The first-order valence-corrected chi connectivity index (χ1v) is 5.32. The summed E-state index contributed by atoms with van der Waals surface area (Å²) in [4.78, 5) is 9.47. The Morgan fingerprint density at radius 3 is 2.29 bits per heavy atom. The monoisotopic (exact) mass is 222 g/mol. The van der Waals surface area contributed by atoms with Gasteiger partial charge in [-0.2, -0.15) is 0 Å². The Hall–Kier alpha value is -0.770.